The lowest BCUT2D eigenvalue weighted by Crippen LogP contribution is -2.51. The van der Waals surface area contributed by atoms with Crippen LogP contribution >= 0.6 is 9.24 Å². The molecule has 0 spiro atoms. The van der Waals surface area contributed by atoms with Crippen molar-refractivity contribution >= 4 is 37.3 Å². The van der Waals surface area contributed by atoms with Gasteiger partial charge in [0.05, 0.1) is 30.0 Å². The number of aryl methyl sites for hydroxylation is 1. The quantitative estimate of drug-likeness (QED) is 0.138. The molecular formula is C30H37F4N8OP. The standard InChI is InChI=1S/C30H37F4N8OP/c1-18(2)42-19(3)38-27-22(31)11-21(12-23(27)42)26-24(44)14-37-28(40-26)39-25-6-5-20(13-36-25)15-41-9-10-43-29(4,17-41)7-8-35-16-30(32,33)34/h5-6,11-14,18,35H,7-10,15-17,44H2,1-4H3,(H,36,37,39,40)/t29-/m1/s1. The molecule has 1 unspecified atom stereocenters. The van der Waals surface area contributed by atoms with E-state index in [9.17, 15) is 13.2 Å². The Morgan fingerprint density at radius 2 is 1.93 bits per heavy atom. The molecule has 1 aliphatic rings. The number of ether oxygens (including phenoxy) is 1. The van der Waals surface area contributed by atoms with Crippen molar-refractivity contribution in [2.45, 2.75) is 58.5 Å². The molecule has 2 N–H and O–H groups in total. The minimum atomic E-state index is -4.23. The first-order valence-corrected chi connectivity index (χ1v) is 15.0. The van der Waals surface area contributed by atoms with Gasteiger partial charge in [0, 0.05) is 48.9 Å². The topological polar surface area (TPSA) is 93.0 Å². The van der Waals surface area contributed by atoms with E-state index in [4.69, 9.17) is 4.74 Å². The number of hydrogen-bond acceptors (Lipinski definition) is 8. The average molecular weight is 633 g/mol. The van der Waals surface area contributed by atoms with Crippen LogP contribution in [0.2, 0.25) is 0 Å². The van der Waals surface area contributed by atoms with Crippen LogP contribution in [0.1, 0.15) is 44.6 Å². The Morgan fingerprint density at radius 3 is 2.64 bits per heavy atom. The lowest BCUT2D eigenvalue weighted by Gasteiger charge is -2.40. The number of benzene rings is 1. The Labute approximate surface area is 256 Å². The molecule has 1 fully saturated rings. The molecule has 1 aromatic carbocycles. The van der Waals surface area contributed by atoms with Crippen LogP contribution in [-0.2, 0) is 11.3 Å². The summed E-state index contributed by atoms with van der Waals surface area (Å²) < 4.78 is 60.3. The van der Waals surface area contributed by atoms with Gasteiger partial charge >= 0.3 is 6.18 Å². The van der Waals surface area contributed by atoms with E-state index in [1.165, 1.54) is 6.07 Å². The number of morpholine rings is 1. The lowest BCUT2D eigenvalue weighted by molar-refractivity contribution is -0.127. The Morgan fingerprint density at radius 1 is 1.14 bits per heavy atom. The van der Waals surface area contributed by atoms with Gasteiger partial charge in [0.15, 0.2) is 5.82 Å². The third-order valence-corrected chi connectivity index (χ3v) is 8.00. The normalized spacial score (nSPS) is 18.0. The Balaban J connectivity index is 1.24. The largest absolute Gasteiger partial charge is 0.401 e. The van der Waals surface area contributed by atoms with E-state index in [1.54, 1.807) is 12.4 Å². The average Bonchev–Trinajstić information content (AvgIpc) is 3.29. The van der Waals surface area contributed by atoms with Crippen molar-refractivity contribution in [1.82, 2.24) is 34.7 Å². The summed E-state index contributed by atoms with van der Waals surface area (Å²) in [4.78, 5) is 20.2. The van der Waals surface area contributed by atoms with Crippen molar-refractivity contribution in [3.8, 4) is 11.3 Å². The van der Waals surface area contributed by atoms with Gasteiger partial charge in [-0.2, -0.15) is 13.2 Å². The van der Waals surface area contributed by atoms with Gasteiger partial charge in [0.2, 0.25) is 5.95 Å². The minimum absolute atomic E-state index is 0.114. The van der Waals surface area contributed by atoms with Crippen LogP contribution in [-0.4, -0.2) is 74.0 Å². The third-order valence-electron chi connectivity index (χ3n) is 7.57. The number of halogens is 4. The fourth-order valence-electron chi connectivity index (χ4n) is 5.59. The number of fused-ring (bicyclic) bond motifs is 1. The van der Waals surface area contributed by atoms with Crippen molar-refractivity contribution in [2.75, 3.05) is 38.1 Å². The number of hydrogen-bond donors (Lipinski definition) is 2. The van der Waals surface area contributed by atoms with Gasteiger partial charge in [0.25, 0.3) is 0 Å². The molecule has 4 aromatic rings. The Bertz CT molecular complexity index is 1610. The van der Waals surface area contributed by atoms with E-state index >= 15 is 4.39 Å². The maximum Gasteiger partial charge on any atom is 0.401 e. The predicted octanol–water partition coefficient (Wildman–Crippen LogP) is 5.29. The van der Waals surface area contributed by atoms with Crippen molar-refractivity contribution in [3.63, 3.8) is 0 Å². The molecule has 0 amide bonds. The summed E-state index contributed by atoms with van der Waals surface area (Å²) in [6.07, 6.45) is -0.332. The molecule has 9 nitrogen and oxygen atoms in total. The van der Waals surface area contributed by atoms with E-state index in [1.807, 2.05) is 50.5 Å². The van der Waals surface area contributed by atoms with Crippen LogP contribution in [0, 0.1) is 12.7 Å². The van der Waals surface area contributed by atoms with Gasteiger partial charge < -0.3 is 19.9 Å². The van der Waals surface area contributed by atoms with Crippen molar-refractivity contribution < 1.29 is 22.3 Å². The van der Waals surface area contributed by atoms with Crippen LogP contribution in [0.3, 0.4) is 0 Å². The summed E-state index contributed by atoms with van der Waals surface area (Å²) in [6, 6.07) is 7.26. The molecule has 4 heterocycles. The van der Waals surface area contributed by atoms with Crippen LogP contribution in [0.25, 0.3) is 22.3 Å². The first kappa shape index (κ1) is 32.2. The zero-order chi connectivity index (χ0) is 31.6. The second-order valence-corrected chi connectivity index (χ2v) is 12.3. The van der Waals surface area contributed by atoms with Crippen LogP contribution < -0.4 is 15.9 Å². The molecule has 236 valence electrons. The molecule has 14 heteroatoms. The Kier molecular flexibility index (Phi) is 9.50. The fraction of sp³-hybridized carbons (Fsp3) is 0.467. The summed E-state index contributed by atoms with van der Waals surface area (Å²) in [6.45, 7) is 9.53. The molecule has 3 aromatic heterocycles. The molecule has 5 rings (SSSR count). The van der Waals surface area contributed by atoms with E-state index < -0.39 is 24.1 Å². The highest BCUT2D eigenvalue weighted by Crippen LogP contribution is 2.29. The second-order valence-electron chi connectivity index (χ2n) is 11.7. The van der Waals surface area contributed by atoms with Crippen molar-refractivity contribution in [1.29, 1.82) is 0 Å². The molecule has 0 saturated carbocycles. The lowest BCUT2D eigenvalue weighted by atomic mass is 9.99. The van der Waals surface area contributed by atoms with Crippen LogP contribution in [0.15, 0.2) is 36.7 Å². The number of anilines is 2. The summed E-state index contributed by atoms with van der Waals surface area (Å²) in [5.74, 6) is 1.21. The fourth-order valence-corrected chi connectivity index (χ4v) is 5.90. The number of pyridine rings is 1. The molecule has 0 radical (unpaired) electrons. The van der Waals surface area contributed by atoms with Gasteiger partial charge in [-0.15, -0.1) is 9.24 Å². The van der Waals surface area contributed by atoms with E-state index in [0.717, 1.165) is 16.7 Å². The minimum Gasteiger partial charge on any atom is -0.373 e. The molecule has 0 aliphatic carbocycles. The number of nitrogens with one attached hydrogen (secondary N) is 2. The number of nitrogens with zero attached hydrogens (tertiary/aromatic N) is 6. The third kappa shape index (κ3) is 7.69. The number of imidazole rings is 1. The molecular weight excluding hydrogens is 595 g/mol. The molecule has 44 heavy (non-hydrogen) atoms. The van der Waals surface area contributed by atoms with Crippen molar-refractivity contribution in [3.05, 3.63) is 53.9 Å². The van der Waals surface area contributed by atoms with Crippen LogP contribution in [0.4, 0.5) is 29.3 Å². The smallest absolute Gasteiger partial charge is 0.373 e. The second kappa shape index (κ2) is 13.0. The first-order valence-electron chi connectivity index (χ1n) is 14.5. The SMILES string of the molecule is Cc1nc2c(F)cc(-c3nc(Nc4ccc(CN5CCO[C@](C)(CCNCC(F)(F)F)C5)cn4)ncc3P)cc2n1C(C)C. The summed E-state index contributed by atoms with van der Waals surface area (Å²) in [7, 11) is 2.61. The van der Waals surface area contributed by atoms with Gasteiger partial charge in [-0.05, 0) is 64.4 Å². The summed E-state index contributed by atoms with van der Waals surface area (Å²) >= 11 is 0. The zero-order valence-corrected chi connectivity index (χ0v) is 26.3. The van der Waals surface area contributed by atoms with Gasteiger partial charge in [-0.3, -0.25) is 4.90 Å². The summed E-state index contributed by atoms with van der Waals surface area (Å²) in [5.41, 5.74) is 2.68. The molecule has 1 saturated heterocycles. The molecule has 0 bridgehead atoms. The van der Waals surface area contributed by atoms with Crippen LogP contribution in [0.5, 0.6) is 0 Å². The first-order chi connectivity index (χ1) is 20.8. The van der Waals surface area contributed by atoms with Crippen molar-refractivity contribution in [2.24, 2.45) is 0 Å². The number of alkyl halides is 3. The van der Waals surface area contributed by atoms with E-state index in [-0.39, 0.29) is 12.6 Å². The molecule has 2 atom stereocenters. The highest BCUT2D eigenvalue weighted by molar-refractivity contribution is 7.27. The number of rotatable bonds is 10. The van der Waals surface area contributed by atoms with E-state index in [2.05, 4.69) is 44.7 Å². The number of aromatic nitrogens is 5. The highest BCUT2D eigenvalue weighted by Gasteiger charge is 2.32. The van der Waals surface area contributed by atoms with Gasteiger partial charge in [-0.1, -0.05) is 6.07 Å². The van der Waals surface area contributed by atoms with E-state index in [0.29, 0.717) is 66.7 Å². The maximum atomic E-state index is 15.1. The monoisotopic (exact) mass is 632 g/mol. The zero-order valence-electron chi connectivity index (χ0n) is 25.2. The highest BCUT2D eigenvalue weighted by atomic mass is 31.0. The maximum absolute atomic E-state index is 15.1. The molecule has 1 aliphatic heterocycles. The van der Waals surface area contributed by atoms with Gasteiger partial charge in [-0.25, -0.2) is 24.3 Å². The predicted molar refractivity (Wildman–Crippen MR) is 166 cm³/mol. The Hall–Kier alpha value is -3.25. The summed E-state index contributed by atoms with van der Waals surface area (Å²) in [5, 5.41) is 6.31. The van der Waals surface area contributed by atoms with Gasteiger partial charge in [0.1, 0.15) is 17.2 Å².